The van der Waals surface area contributed by atoms with E-state index in [1.165, 1.54) is 4.90 Å². The lowest BCUT2D eigenvalue weighted by Gasteiger charge is -2.40. The Morgan fingerprint density at radius 1 is 1.18 bits per heavy atom. The van der Waals surface area contributed by atoms with Crippen LogP contribution in [-0.4, -0.2) is 78.3 Å². The number of hydrogen-bond acceptors (Lipinski definition) is 9. The Kier molecular flexibility index (Phi) is 10.9. The fraction of sp³-hybridized carbons (Fsp3) is 0.655. The van der Waals surface area contributed by atoms with Crippen LogP contribution in [0, 0.1) is 11.8 Å². The summed E-state index contributed by atoms with van der Waals surface area (Å²) in [7, 11) is -5.00. The van der Waals surface area contributed by atoms with Crippen LogP contribution in [0.2, 0.25) is 0 Å². The number of nitrogens with one attached hydrogen (secondary N) is 3. The number of carbonyl (C=O) groups excluding carboxylic acids is 4. The molecule has 0 radical (unpaired) electrons. The van der Waals surface area contributed by atoms with Gasteiger partial charge in [0.05, 0.1) is 11.7 Å². The van der Waals surface area contributed by atoms with Gasteiger partial charge in [-0.05, 0) is 58.9 Å². The first-order valence-electron chi connectivity index (χ1n) is 14.6. The van der Waals surface area contributed by atoms with Gasteiger partial charge in [0.25, 0.3) is 10.1 Å². The minimum absolute atomic E-state index is 0.106. The number of fused-ring (bicyclic) bond motifs is 1. The number of ether oxygens (including phenoxy) is 2. The zero-order valence-electron chi connectivity index (χ0n) is 26.0. The van der Waals surface area contributed by atoms with Crippen LogP contribution in [0.15, 0.2) is 24.3 Å². The summed E-state index contributed by atoms with van der Waals surface area (Å²) in [5.41, 5.74) is -3.22. The summed E-state index contributed by atoms with van der Waals surface area (Å²) >= 11 is 0. The smallest absolute Gasteiger partial charge is 0.414 e. The first-order valence-corrected chi connectivity index (χ1v) is 16.1. The van der Waals surface area contributed by atoms with Gasteiger partial charge in [0, 0.05) is 31.0 Å². The molecule has 1 saturated heterocycles. The van der Waals surface area contributed by atoms with Crippen LogP contribution in [0.25, 0.3) is 0 Å². The van der Waals surface area contributed by atoms with Crippen molar-refractivity contribution in [2.24, 2.45) is 11.8 Å². The first-order chi connectivity index (χ1) is 20.3. The van der Waals surface area contributed by atoms with Crippen molar-refractivity contribution in [2.45, 2.75) is 95.9 Å². The molecule has 2 aliphatic heterocycles. The summed E-state index contributed by atoms with van der Waals surface area (Å²) in [6.45, 7) is 11.1. The number of aliphatic hydroxyl groups excluding tert-OH is 1. The largest absolute Gasteiger partial charge is 0.443 e. The third kappa shape index (κ3) is 9.05. The van der Waals surface area contributed by atoms with Gasteiger partial charge in [-0.15, -0.1) is 0 Å². The molecule has 15 heteroatoms. The molecule has 1 fully saturated rings. The molecule has 0 bridgehead atoms. The Morgan fingerprint density at radius 2 is 1.84 bits per heavy atom. The van der Waals surface area contributed by atoms with Crippen molar-refractivity contribution in [3.05, 3.63) is 29.8 Å². The van der Waals surface area contributed by atoms with Crippen molar-refractivity contribution in [1.29, 1.82) is 0 Å². The van der Waals surface area contributed by atoms with Gasteiger partial charge >= 0.3 is 12.2 Å². The fourth-order valence-electron chi connectivity index (χ4n) is 5.34. The Balaban J connectivity index is 1.78. The number of hydrogen-bond donors (Lipinski definition) is 5. The molecule has 5 N–H and O–H groups in total. The molecule has 2 aliphatic rings. The highest BCUT2D eigenvalue weighted by molar-refractivity contribution is 7.86. The third-order valence-electron chi connectivity index (χ3n) is 7.50. The minimum atomic E-state index is -5.00. The van der Waals surface area contributed by atoms with E-state index in [1.54, 1.807) is 52.0 Å². The van der Waals surface area contributed by atoms with E-state index in [4.69, 9.17) is 9.47 Å². The zero-order chi connectivity index (χ0) is 33.0. The highest BCUT2D eigenvalue weighted by Gasteiger charge is 2.42. The second-order valence-corrected chi connectivity index (χ2v) is 14.4. The van der Waals surface area contributed by atoms with E-state index >= 15 is 0 Å². The Hall–Kier alpha value is -3.43. The summed E-state index contributed by atoms with van der Waals surface area (Å²) < 4.78 is 44.4. The second kappa shape index (κ2) is 13.7. The molecule has 3 rings (SSSR count). The standard InChI is InChI=1S/C29H44N4O10S/c1-17(2)15-20(24(35)31-21(25(36)44(39,40)41)16-18-11-13-30-23(18)34)32-26(37)42-29(6)12-14-33(27(38)43-28(3,4)5)22-10-8-7-9-19(22)29/h7-10,17-18,20-21,25,36H,11-16H2,1-6H3,(H,30,34)(H,31,35)(H,32,37)(H,39,40,41)/t18-,20-,21-,25?,29?/m0/s1. The highest BCUT2D eigenvalue weighted by atomic mass is 32.2. The van der Waals surface area contributed by atoms with Gasteiger partial charge in [-0.25, -0.2) is 9.59 Å². The monoisotopic (exact) mass is 640 g/mol. The minimum Gasteiger partial charge on any atom is -0.443 e. The van der Waals surface area contributed by atoms with Crippen molar-refractivity contribution in [3.63, 3.8) is 0 Å². The fourth-order valence-corrected chi connectivity index (χ4v) is 5.94. The molecule has 246 valence electrons. The van der Waals surface area contributed by atoms with Gasteiger partial charge in [-0.1, -0.05) is 32.0 Å². The van der Waals surface area contributed by atoms with Crippen LogP contribution < -0.4 is 20.9 Å². The number of amides is 4. The Labute approximate surface area is 258 Å². The Morgan fingerprint density at radius 3 is 2.41 bits per heavy atom. The number of benzene rings is 1. The lowest BCUT2D eigenvalue weighted by atomic mass is 9.87. The summed E-state index contributed by atoms with van der Waals surface area (Å²) in [6, 6.07) is 4.21. The average molecular weight is 641 g/mol. The van der Waals surface area contributed by atoms with Gasteiger partial charge in [0.15, 0.2) is 0 Å². The molecule has 0 spiro atoms. The van der Waals surface area contributed by atoms with E-state index < -0.39 is 62.9 Å². The molecule has 14 nitrogen and oxygen atoms in total. The lowest BCUT2D eigenvalue weighted by molar-refractivity contribution is -0.126. The van der Waals surface area contributed by atoms with Crippen molar-refractivity contribution in [3.8, 4) is 0 Å². The molecule has 1 aromatic rings. The molecule has 4 amide bonds. The van der Waals surface area contributed by atoms with Crippen molar-refractivity contribution >= 4 is 39.8 Å². The molecular weight excluding hydrogens is 596 g/mol. The molecule has 1 aromatic carbocycles. The summed E-state index contributed by atoms with van der Waals surface area (Å²) in [6.07, 6.45) is -1.02. The maximum atomic E-state index is 13.4. The molecule has 2 unspecified atom stereocenters. The van der Waals surface area contributed by atoms with Crippen LogP contribution in [0.4, 0.5) is 15.3 Å². The third-order valence-corrected chi connectivity index (χ3v) is 8.44. The molecule has 5 atom stereocenters. The van der Waals surface area contributed by atoms with Crippen molar-refractivity contribution < 1.29 is 46.7 Å². The number of nitrogens with zero attached hydrogens (tertiary/aromatic N) is 1. The SMILES string of the molecule is CC(C)C[C@H](NC(=O)OC1(C)CCN(C(=O)OC(C)(C)C)c2ccccc21)C(=O)N[C@@H](C[C@@H]1CCNC1=O)C(O)S(=O)(=O)O. The van der Waals surface area contributed by atoms with Crippen LogP contribution in [0.1, 0.15) is 72.8 Å². The van der Waals surface area contributed by atoms with Crippen LogP contribution in [0.5, 0.6) is 0 Å². The maximum absolute atomic E-state index is 13.4. The molecule has 0 aromatic heterocycles. The molecule has 0 aliphatic carbocycles. The van der Waals surface area contributed by atoms with Crippen LogP contribution in [-0.2, 0) is 34.8 Å². The van der Waals surface area contributed by atoms with Crippen molar-refractivity contribution in [1.82, 2.24) is 16.0 Å². The first kappa shape index (κ1) is 35.1. The summed E-state index contributed by atoms with van der Waals surface area (Å²) in [4.78, 5) is 53.1. The highest BCUT2D eigenvalue weighted by Crippen LogP contribution is 2.41. The Bertz CT molecular complexity index is 1350. The normalized spacial score (nSPS) is 22.3. The van der Waals surface area contributed by atoms with Gasteiger partial charge in [0.2, 0.25) is 17.3 Å². The number of para-hydroxylation sites is 1. The van der Waals surface area contributed by atoms with Crippen LogP contribution in [0.3, 0.4) is 0 Å². The molecule has 2 heterocycles. The molecule has 44 heavy (non-hydrogen) atoms. The van der Waals surface area contributed by atoms with E-state index in [-0.39, 0.29) is 37.6 Å². The van der Waals surface area contributed by atoms with Gasteiger partial charge in [-0.3, -0.25) is 19.0 Å². The van der Waals surface area contributed by atoms with E-state index in [0.29, 0.717) is 24.2 Å². The summed E-state index contributed by atoms with van der Waals surface area (Å²) in [5, 5.41) is 17.9. The lowest BCUT2D eigenvalue weighted by Crippen LogP contribution is -2.55. The van der Waals surface area contributed by atoms with Gasteiger partial charge in [-0.2, -0.15) is 8.42 Å². The predicted octanol–water partition coefficient (Wildman–Crippen LogP) is 2.41. The van der Waals surface area contributed by atoms with E-state index in [2.05, 4.69) is 16.0 Å². The number of aliphatic hydroxyl groups is 1. The molecular formula is C29H44N4O10S. The number of anilines is 1. The van der Waals surface area contributed by atoms with Gasteiger partial charge < -0.3 is 30.5 Å². The number of carbonyl (C=O) groups is 4. The van der Waals surface area contributed by atoms with Crippen LogP contribution >= 0.6 is 0 Å². The van der Waals surface area contributed by atoms with E-state index in [0.717, 1.165) is 0 Å². The van der Waals surface area contributed by atoms with E-state index in [9.17, 15) is 37.3 Å². The topological polar surface area (TPSA) is 201 Å². The maximum Gasteiger partial charge on any atom is 0.414 e. The summed E-state index contributed by atoms with van der Waals surface area (Å²) in [5.74, 6) is -1.99. The zero-order valence-corrected chi connectivity index (χ0v) is 26.8. The predicted molar refractivity (Wildman–Crippen MR) is 160 cm³/mol. The average Bonchev–Trinajstić information content (AvgIpc) is 3.29. The molecule has 0 saturated carbocycles. The van der Waals surface area contributed by atoms with Crippen molar-refractivity contribution in [2.75, 3.05) is 18.0 Å². The van der Waals surface area contributed by atoms with Gasteiger partial charge in [0.1, 0.15) is 17.2 Å². The second-order valence-electron chi connectivity index (χ2n) is 12.9. The van der Waals surface area contributed by atoms with E-state index in [1.807, 2.05) is 13.8 Å². The number of alkyl carbamates (subject to hydrolysis) is 1. The number of rotatable bonds is 10. The quantitative estimate of drug-likeness (QED) is 0.237.